The maximum absolute atomic E-state index is 5.98. The topological polar surface area (TPSA) is 38.5 Å². The maximum atomic E-state index is 5.98. The number of nitrogens with two attached hydrogens (primary N) is 1. The predicted molar refractivity (Wildman–Crippen MR) is 63.5 cm³/mol. The highest BCUT2D eigenvalue weighted by molar-refractivity contribution is 6.33. The van der Waals surface area contributed by atoms with Crippen molar-refractivity contribution < 1.29 is 4.74 Å². The zero-order valence-electron chi connectivity index (χ0n) is 8.74. The van der Waals surface area contributed by atoms with E-state index < -0.39 is 0 Å². The Labute approximate surface area is 94.8 Å². The van der Waals surface area contributed by atoms with Crippen molar-refractivity contribution in [3.8, 4) is 0 Å². The summed E-state index contributed by atoms with van der Waals surface area (Å²) in [6.45, 7) is 1.87. The molecule has 2 N–H and O–H groups in total. The first-order valence-electron chi connectivity index (χ1n) is 5.04. The molecule has 0 saturated carbocycles. The Kier molecular flexibility index (Phi) is 3.03. The summed E-state index contributed by atoms with van der Waals surface area (Å²) < 4.78 is 5.32. The summed E-state index contributed by atoms with van der Waals surface area (Å²) in [5.74, 6) is 0. The SMILES string of the molecule is COC1CCN(c2cccc(Cl)c2N)C1. The molecule has 1 saturated heterocycles. The van der Waals surface area contributed by atoms with E-state index in [-0.39, 0.29) is 0 Å². The zero-order chi connectivity index (χ0) is 10.8. The van der Waals surface area contributed by atoms with Gasteiger partial charge in [0.15, 0.2) is 0 Å². The Hall–Kier alpha value is -0.930. The third-order valence-electron chi connectivity index (χ3n) is 2.85. The minimum atomic E-state index is 0.309. The quantitative estimate of drug-likeness (QED) is 0.786. The highest BCUT2D eigenvalue weighted by Crippen LogP contribution is 2.32. The van der Waals surface area contributed by atoms with E-state index in [9.17, 15) is 0 Å². The molecule has 1 aliphatic heterocycles. The molecule has 1 fully saturated rings. The molecule has 1 aliphatic rings. The first kappa shape index (κ1) is 10.6. The number of hydrogen-bond acceptors (Lipinski definition) is 3. The summed E-state index contributed by atoms with van der Waals surface area (Å²) in [6, 6.07) is 5.73. The number of methoxy groups -OCH3 is 1. The molecule has 15 heavy (non-hydrogen) atoms. The second-order valence-electron chi connectivity index (χ2n) is 3.77. The number of nitrogen functional groups attached to an aromatic ring is 1. The third-order valence-corrected chi connectivity index (χ3v) is 3.18. The van der Waals surface area contributed by atoms with Crippen LogP contribution in [0.4, 0.5) is 11.4 Å². The highest BCUT2D eigenvalue weighted by atomic mass is 35.5. The number of rotatable bonds is 2. The van der Waals surface area contributed by atoms with E-state index in [4.69, 9.17) is 22.1 Å². The lowest BCUT2D eigenvalue weighted by molar-refractivity contribution is 0.121. The lowest BCUT2D eigenvalue weighted by Gasteiger charge is -2.20. The van der Waals surface area contributed by atoms with E-state index in [2.05, 4.69) is 4.90 Å². The van der Waals surface area contributed by atoms with Gasteiger partial charge in [-0.3, -0.25) is 0 Å². The summed E-state index contributed by atoms with van der Waals surface area (Å²) in [6.07, 6.45) is 1.35. The molecular weight excluding hydrogens is 212 g/mol. The second kappa shape index (κ2) is 4.29. The van der Waals surface area contributed by atoms with Crippen LogP contribution in [0.15, 0.2) is 18.2 Å². The van der Waals surface area contributed by atoms with Crippen LogP contribution in [0.5, 0.6) is 0 Å². The van der Waals surface area contributed by atoms with Gasteiger partial charge < -0.3 is 15.4 Å². The van der Waals surface area contributed by atoms with Gasteiger partial charge in [0.1, 0.15) is 0 Å². The standard InChI is InChI=1S/C11H15ClN2O/c1-15-8-5-6-14(7-8)10-4-2-3-9(12)11(10)13/h2-4,8H,5-7,13H2,1H3. The molecule has 0 aliphatic carbocycles. The number of anilines is 2. The number of hydrogen-bond donors (Lipinski definition) is 1. The first-order valence-corrected chi connectivity index (χ1v) is 5.42. The van der Waals surface area contributed by atoms with Crippen LogP contribution in [-0.2, 0) is 4.74 Å². The molecule has 0 amide bonds. The largest absolute Gasteiger partial charge is 0.396 e. The van der Waals surface area contributed by atoms with Crippen molar-refractivity contribution in [3.63, 3.8) is 0 Å². The Balaban J connectivity index is 2.20. The molecule has 0 spiro atoms. The van der Waals surface area contributed by atoms with Crippen molar-refractivity contribution >= 4 is 23.0 Å². The molecule has 2 rings (SSSR count). The molecule has 1 unspecified atom stereocenters. The Morgan fingerprint density at radius 3 is 3.00 bits per heavy atom. The molecule has 1 heterocycles. The van der Waals surface area contributed by atoms with Crippen molar-refractivity contribution in [2.45, 2.75) is 12.5 Å². The molecule has 3 nitrogen and oxygen atoms in total. The van der Waals surface area contributed by atoms with E-state index in [0.29, 0.717) is 16.8 Å². The third kappa shape index (κ3) is 2.03. The average molecular weight is 227 g/mol. The molecule has 82 valence electrons. The van der Waals surface area contributed by atoms with Crippen molar-refractivity contribution in [1.29, 1.82) is 0 Å². The van der Waals surface area contributed by atoms with Gasteiger partial charge in [-0.25, -0.2) is 0 Å². The minimum absolute atomic E-state index is 0.309. The zero-order valence-corrected chi connectivity index (χ0v) is 9.50. The molecule has 0 radical (unpaired) electrons. The minimum Gasteiger partial charge on any atom is -0.396 e. The van der Waals surface area contributed by atoms with Gasteiger partial charge in [-0.15, -0.1) is 0 Å². The van der Waals surface area contributed by atoms with Crippen LogP contribution in [0.25, 0.3) is 0 Å². The van der Waals surface area contributed by atoms with Gasteiger partial charge >= 0.3 is 0 Å². The molecular formula is C11H15ClN2O. The maximum Gasteiger partial charge on any atom is 0.0762 e. The second-order valence-corrected chi connectivity index (χ2v) is 4.17. The fourth-order valence-electron chi connectivity index (χ4n) is 1.94. The highest BCUT2D eigenvalue weighted by Gasteiger charge is 2.23. The Morgan fingerprint density at radius 1 is 1.53 bits per heavy atom. The average Bonchev–Trinajstić information content (AvgIpc) is 2.70. The molecule has 1 atom stereocenters. The van der Waals surface area contributed by atoms with Gasteiger partial charge in [-0.2, -0.15) is 0 Å². The normalized spacial score (nSPS) is 20.9. The van der Waals surface area contributed by atoms with E-state index >= 15 is 0 Å². The summed E-state index contributed by atoms with van der Waals surface area (Å²) in [5.41, 5.74) is 7.61. The van der Waals surface area contributed by atoms with Crippen molar-refractivity contribution in [2.75, 3.05) is 30.8 Å². The van der Waals surface area contributed by atoms with Crippen molar-refractivity contribution in [1.82, 2.24) is 0 Å². The fraction of sp³-hybridized carbons (Fsp3) is 0.455. The smallest absolute Gasteiger partial charge is 0.0762 e. The Morgan fingerprint density at radius 2 is 2.33 bits per heavy atom. The van der Waals surface area contributed by atoms with Crippen LogP contribution in [-0.4, -0.2) is 26.3 Å². The van der Waals surface area contributed by atoms with Crippen molar-refractivity contribution in [2.24, 2.45) is 0 Å². The van der Waals surface area contributed by atoms with Gasteiger partial charge in [-0.1, -0.05) is 17.7 Å². The summed E-state index contributed by atoms with van der Waals surface area (Å²) in [5, 5.41) is 0.619. The Bertz CT molecular complexity index is 356. The molecule has 0 aromatic heterocycles. The van der Waals surface area contributed by atoms with Gasteiger partial charge in [0.2, 0.25) is 0 Å². The number of halogens is 1. The van der Waals surface area contributed by atoms with E-state index in [1.54, 1.807) is 7.11 Å². The molecule has 0 bridgehead atoms. The number of benzene rings is 1. The summed E-state index contributed by atoms with van der Waals surface area (Å²) in [7, 11) is 1.75. The first-order chi connectivity index (χ1) is 7.22. The molecule has 1 aromatic carbocycles. The van der Waals surface area contributed by atoms with Crippen molar-refractivity contribution in [3.05, 3.63) is 23.2 Å². The van der Waals surface area contributed by atoms with Gasteiger partial charge in [-0.05, 0) is 18.6 Å². The number of ether oxygens (including phenoxy) is 1. The number of para-hydroxylation sites is 1. The van der Waals surface area contributed by atoms with Crippen LogP contribution in [0, 0.1) is 0 Å². The van der Waals surface area contributed by atoms with Crippen LogP contribution in [0.1, 0.15) is 6.42 Å². The van der Waals surface area contributed by atoms with Gasteiger partial charge in [0.05, 0.1) is 22.5 Å². The van der Waals surface area contributed by atoms with Crippen LogP contribution in [0.3, 0.4) is 0 Å². The van der Waals surface area contributed by atoms with Gasteiger partial charge in [0.25, 0.3) is 0 Å². The van der Waals surface area contributed by atoms with Crippen LogP contribution >= 0.6 is 11.6 Å². The van der Waals surface area contributed by atoms with Crippen LogP contribution < -0.4 is 10.6 Å². The van der Waals surface area contributed by atoms with Gasteiger partial charge in [0, 0.05) is 20.2 Å². The van der Waals surface area contributed by atoms with E-state index in [1.165, 1.54) is 0 Å². The number of nitrogens with zero attached hydrogens (tertiary/aromatic N) is 1. The lowest BCUT2D eigenvalue weighted by atomic mass is 10.2. The lowest BCUT2D eigenvalue weighted by Crippen LogP contribution is -2.23. The monoisotopic (exact) mass is 226 g/mol. The summed E-state index contributed by atoms with van der Waals surface area (Å²) in [4.78, 5) is 2.22. The summed E-state index contributed by atoms with van der Waals surface area (Å²) >= 11 is 5.98. The molecule has 4 heteroatoms. The van der Waals surface area contributed by atoms with Crippen LogP contribution in [0.2, 0.25) is 5.02 Å². The predicted octanol–water partition coefficient (Wildman–Crippen LogP) is 2.15. The molecule has 1 aromatic rings. The van der Waals surface area contributed by atoms with E-state index in [0.717, 1.165) is 25.2 Å². The fourth-order valence-corrected chi connectivity index (χ4v) is 2.11. The van der Waals surface area contributed by atoms with E-state index in [1.807, 2.05) is 18.2 Å².